The zero-order valence-electron chi connectivity index (χ0n) is 12.2. The predicted molar refractivity (Wildman–Crippen MR) is 79.6 cm³/mol. The molecule has 0 saturated carbocycles. The number of hydrogen-bond acceptors (Lipinski definition) is 5. The van der Waals surface area contributed by atoms with Crippen molar-refractivity contribution in [2.45, 2.75) is 26.7 Å². The normalized spacial score (nSPS) is 11.8. The minimum Gasteiger partial charge on any atom is -0.478 e. The highest BCUT2D eigenvalue weighted by Gasteiger charge is 2.18. The van der Waals surface area contributed by atoms with Crippen molar-refractivity contribution in [3.05, 3.63) is 23.8 Å². The van der Waals surface area contributed by atoms with Crippen molar-refractivity contribution in [2.24, 2.45) is 5.41 Å². The number of benzene rings is 1. The van der Waals surface area contributed by atoms with E-state index in [1.807, 2.05) is 0 Å². The van der Waals surface area contributed by atoms with Gasteiger partial charge in [-0.1, -0.05) is 13.8 Å². The third-order valence-corrected chi connectivity index (χ3v) is 3.37. The van der Waals surface area contributed by atoms with E-state index in [2.05, 4.69) is 24.1 Å². The van der Waals surface area contributed by atoms with Crippen molar-refractivity contribution in [1.82, 2.24) is 4.98 Å². The fraction of sp³-hybridized carbons (Fsp3) is 0.467. The number of carboxylic acids is 1. The van der Waals surface area contributed by atoms with E-state index in [-0.39, 0.29) is 17.6 Å². The van der Waals surface area contributed by atoms with Gasteiger partial charge in [0.15, 0.2) is 5.58 Å². The lowest BCUT2D eigenvalue weighted by molar-refractivity contribution is 0.0697. The van der Waals surface area contributed by atoms with Gasteiger partial charge in [-0.05, 0) is 36.5 Å². The average Bonchev–Trinajstić information content (AvgIpc) is 2.85. The molecular formula is C15H20N2O4. The molecule has 3 N–H and O–H groups in total. The van der Waals surface area contributed by atoms with Gasteiger partial charge in [-0.2, -0.15) is 4.98 Å². The summed E-state index contributed by atoms with van der Waals surface area (Å²) in [4.78, 5) is 15.2. The number of oxazole rings is 1. The molecule has 0 fully saturated rings. The summed E-state index contributed by atoms with van der Waals surface area (Å²) in [5.41, 5.74) is 1.25. The predicted octanol–water partition coefficient (Wildman–Crippen LogP) is 2.74. The molecule has 0 atom stereocenters. The van der Waals surface area contributed by atoms with Crippen molar-refractivity contribution < 1.29 is 19.4 Å². The van der Waals surface area contributed by atoms with Crippen LogP contribution in [0.5, 0.6) is 0 Å². The molecule has 0 aliphatic heterocycles. The third kappa shape index (κ3) is 3.95. The molecule has 1 heterocycles. The van der Waals surface area contributed by atoms with Crippen LogP contribution in [0, 0.1) is 5.41 Å². The summed E-state index contributed by atoms with van der Waals surface area (Å²) >= 11 is 0. The summed E-state index contributed by atoms with van der Waals surface area (Å²) in [6, 6.07) is 4.98. The topological polar surface area (TPSA) is 95.6 Å². The highest BCUT2D eigenvalue weighted by molar-refractivity contribution is 5.92. The number of aromatic carboxylic acids is 1. The Hall–Kier alpha value is -2.08. The summed E-state index contributed by atoms with van der Waals surface area (Å²) < 4.78 is 5.52. The molecule has 0 aliphatic rings. The number of aliphatic hydroxyl groups excluding tert-OH is 1. The molecule has 0 unspecified atom stereocenters. The molecular weight excluding hydrogens is 272 g/mol. The van der Waals surface area contributed by atoms with Crippen LogP contribution in [0.4, 0.5) is 6.01 Å². The van der Waals surface area contributed by atoms with E-state index in [9.17, 15) is 4.79 Å². The quantitative estimate of drug-likeness (QED) is 0.726. The van der Waals surface area contributed by atoms with Crippen LogP contribution in [-0.4, -0.2) is 34.3 Å². The largest absolute Gasteiger partial charge is 0.478 e. The molecule has 0 aliphatic carbocycles. The van der Waals surface area contributed by atoms with Gasteiger partial charge in [-0.25, -0.2) is 4.79 Å². The van der Waals surface area contributed by atoms with Gasteiger partial charge in [-0.3, -0.25) is 0 Å². The first-order valence-corrected chi connectivity index (χ1v) is 6.90. The molecule has 0 bridgehead atoms. The number of rotatable bonds is 7. The monoisotopic (exact) mass is 292 g/mol. The highest BCUT2D eigenvalue weighted by atomic mass is 16.4. The second-order valence-electron chi connectivity index (χ2n) is 5.85. The zero-order valence-corrected chi connectivity index (χ0v) is 12.2. The molecule has 6 heteroatoms. The number of fused-ring (bicyclic) bond motifs is 1. The van der Waals surface area contributed by atoms with Crippen molar-refractivity contribution in [3.63, 3.8) is 0 Å². The molecule has 0 spiro atoms. The lowest BCUT2D eigenvalue weighted by Crippen LogP contribution is -2.23. The van der Waals surface area contributed by atoms with Crippen LogP contribution < -0.4 is 5.32 Å². The minimum atomic E-state index is -0.993. The maximum absolute atomic E-state index is 10.9. The van der Waals surface area contributed by atoms with E-state index in [1.54, 1.807) is 6.07 Å². The van der Waals surface area contributed by atoms with Crippen LogP contribution in [0.25, 0.3) is 11.1 Å². The lowest BCUT2D eigenvalue weighted by atomic mass is 9.88. The van der Waals surface area contributed by atoms with E-state index >= 15 is 0 Å². The fourth-order valence-electron chi connectivity index (χ4n) is 2.09. The molecule has 21 heavy (non-hydrogen) atoms. The Balaban J connectivity index is 2.07. The maximum Gasteiger partial charge on any atom is 0.335 e. The number of anilines is 1. The average molecular weight is 292 g/mol. The number of hydrogen-bond donors (Lipinski definition) is 3. The van der Waals surface area contributed by atoms with E-state index in [0.29, 0.717) is 23.7 Å². The number of nitrogens with one attached hydrogen (secondary N) is 1. The summed E-state index contributed by atoms with van der Waals surface area (Å²) in [5.74, 6) is -0.993. The summed E-state index contributed by atoms with van der Waals surface area (Å²) in [6.07, 6.45) is 1.64. The number of carbonyl (C=O) groups is 1. The lowest BCUT2D eigenvalue weighted by Gasteiger charge is -2.23. The van der Waals surface area contributed by atoms with Crippen molar-refractivity contribution in [1.29, 1.82) is 0 Å². The first-order chi connectivity index (χ1) is 9.91. The molecule has 114 valence electrons. The maximum atomic E-state index is 10.9. The Morgan fingerprint density at radius 3 is 2.86 bits per heavy atom. The first kappa shape index (κ1) is 15.3. The Labute approximate surface area is 122 Å². The van der Waals surface area contributed by atoms with Crippen LogP contribution in [0.1, 0.15) is 37.0 Å². The van der Waals surface area contributed by atoms with Crippen molar-refractivity contribution in [3.8, 4) is 0 Å². The van der Waals surface area contributed by atoms with Gasteiger partial charge in [-0.15, -0.1) is 0 Å². The van der Waals surface area contributed by atoms with Gasteiger partial charge in [0.25, 0.3) is 6.01 Å². The van der Waals surface area contributed by atoms with E-state index in [1.165, 1.54) is 12.1 Å². The molecule has 2 aromatic rings. The van der Waals surface area contributed by atoms with Gasteiger partial charge < -0.3 is 19.9 Å². The summed E-state index contributed by atoms with van der Waals surface area (Å²) in [5, 5.41) is 21.0. The van der Waals surface area contributed by atoms with Crippen LogP contribution >= 0.6 is 0 Å². The molecule has 2 rings (SSSR count). The molecule has 1 aromatic heterocycles. The first-order valence-electron chi connectivity index (χ1n) is 6.90. The molecule has 0 amide bonds. The Kier molecular flexibility index (Phi) is 4.47. The van der Waals surface area contributed by atoms with Gasteiger partial charge in [0.2, 0.25) is 0 Å². The standard InChI is InChI=1S/C15H20N2O4/c1-15(2,6-3-7-18)9-16-14-17-11-5-4-10(13(19)20)8-12(11)21-14/h4-5,8,18H,3,6-7,9H2,1-2H3,(H,16,17)(H,19,20). The van der Waals surface area contributed by atoms with Crippen molar-refractivity contribution >= 4 is 23.1 Å². The van der Waals surface area contributed by atoms with Crippen LogP contribution in [0.3, 0.4) is 0 Å². The van der Waals surface area contributed by atoms with E-state index in [4.69, 9.17) is 14.6 Å². The number of nitrogens with zero attached hydrogens (tertiary/aromatic N) is 1. The highest BCUT2D eigenvalue weighted by Crippen LogP contribution is 2.25. The molecule has 0 radical (unpaired) electrons. The molecule has 0 saturated heterocycles. The fourth-order valence-corrected chi connectivity index (χ4v) is 2.09. The summed E-state index contributed by atoms with van der Waals surface area (Å²) in [6.45, 7) is 5.04. The van der Waals surface area contributed by atoms with Gasteiger partial charge in [0, 0.05) is 13.2 Å². The van der Waals surface area contributed by atoms with Crippen LogP contribution in [0.2, 0.25) is 0 Å². The van der Waals surface area contributed by atoms with Gasteiger partial charge >= 0.3 is 5.97 Å². The van der Waals surface area contributed by atoms with Gasteiger partial charge in [0.05, 0.1) is 5.56 Å². The SMILES string of the molecule is CC(C)(CCCO)CNc1nc2ccc(C(=O)O)cc2o1. The molecule has 6 nitrogen and oxygen atoms in total. The van der Waals surface area contributed by atoms with Crippen LogP contribution in [-0.2, 0) is 0 Å². The third-order valence-electron chi connectivity index (χ3n) is 3.37. The molecule has 1 aromatic carbocycles. The van der Waals surface area contributed by atoms with E-state index < -0.39 is 5.97 Å². The second-order valence-corrected chi connectivity index (χ2v) is 5.85. The second kappa shape index (κ2) is 6.13. The number of aliphatic hydroxyl groups is 1. The number of carboxylic acid groups (broad SMARTS) is 1. The summed E-state index contributed by atoms with van der Waals surface area (Å²) in [7, 11) is 0. The Morgan fingerprint density at radius 2 is 2.19 bits per heavy atom. The van der Waals surface area contributed by atoms with Gasteiger partial charge in [0.1, 0.15) is 5.52 Å². The van der Waals surface area contributed by atoms with Crippen LogP contribution in [0.15, 0.2) is 22.6 Å². The minimum absolute atomic E-state index is 0.00953. The Morgan fingerprint density at radius 1 is 1.43 bits per heavy atom. The number of aromatic nitrogens is 1. The van der Waals surface area contributed by atoms with E-state index in [0.717, 1.165) is 12.8 Å². The zero-order chi connectivity index (χ0) is 15.5. The van der Waals surface area contributed by atoms with Crippen molar-refractivity contribution in [2.75, 3.05) is 18.5 Å². The Bertz CT molecular complexity index is 634. The smallest absolute Gasteiger partial charge is 0.335 e.